The molecule has 2 aromatic carbocycles. The molecular formula is C16H15N3O. The number of hydrogen-bond donors (Lipinski definition) is 1. The summed E-state index contributed by atoms with van der Waals surface area (Å²) in [6.07, 6.45) is 1.68. The maximum atomic E-state index is 9.91. The van der Waals surface area contributed by atoms with Gasteiger partial charge in [-0.3, -0.25) is 0 Å². The van der Waals surface area contributed by atoms with Gasteiger partial charge in [-0.2, -0.15) is 15.0 Å². The fraction of sp³-hybridized carbons (Fsp3) is 0.125. The second-order valence-electron chi connectivity index (χ2n) is 4.77. The van der Waals surface area contributed by atoms with Crippen LogP contribution in [-0.2, 0) is 6.54 Å². The molecule has 3 aromatic rings. The van der Waals surface area contributed by atoms with Crippen molar-refractivity contribution in [3.63, 3.8) is 0 Å². The Bertz CT molecular complexity index is 720. The number of aromatic nitrogens is 3. The molecule has 0 saturated heterocycles. The van der Waals surface area contributed by atoms with Crippen LogP contribution in [0.4, 0.5) is 0 Å². The Morgan fingerprint density at radius 3 is 2.70 bits per heavy atom. The molecule has 0 radical (unpaired) electrons. The molecule has 0 bridgehead atoms. The summed E-state index contributed by atoms with van der Waals surface area (Å²) in [5.74, 6) is 0.224. The topological polar surface area (TPSA) is 50.9 Å². The van der Waals surface area contributed by atoms with Crippen LogP contribution < -0.4 is 0 Å². The Kier molecular flexibility index (Phi) is 3.21. The second kappa shape index (κ2) is 5.17. The van der Waals surface area contributed by atoms with Crippen molar-refractivity contribution in [1.82, 2.24) is 15.0 Å². The van der Waals surface area contributed by atoms with Gasteiger partial charge in [-0.15, -0.1) is 0 Å². The smallest absolute Gasteiger partial charge is 0.125 e. The first-order chi connectivity index (χ1) is 9.72. The molecule has 4 heteroatoms. The molecule has 0 spiro atoms. The van der Waals surface area contributed by atoms with Crippen molar-refractivity contribution in [3.8, 4) is 17.0 Å². The SMILES string of the molecule is Cc1ccc(O)c(-c2cnn(Cc3ccccc3)n2)c1. The number of hydrogen-bond acceptors (Lipinski definition) is 3. The van der Waals surface area contributed by atoms with Gasteiger partial charge in [0.25, 0.3) is 0 Å². The fourth-order valence-corrected chi connectivity index (χ4v) is 2.10. The third-order valence-corrected chi connectivity index (χ3v) is 3.13. The lowest BCUT2D eigenvalue weighted by Gasteiger charge is -2.02. The highest BCUT2D eigenvalue weighted by molar-refractivity contribution is 5.66. The summed E-state index contributed by atoms with van der Waals surface area (Å²) in [5.41, 5.74) is 3.62. The average molecular weight is 265 g/mol. The predicted octanol–water partition coefficient (Wildman–Crippen LogP) is 3.01. The third kappa shape index (κ3) is 2.54. The molecule has 20 heavy (non-hydrogen) atoms. The van der Waals surface area contributed by atoms with Crippen molar-refractivity contribution in [3.05, 3.63) is 65.9 Å². The van der Waals surface area contributed by atoms with Crippen LogP contribution in [0.2, 0.25) is 0 Å². The van der Waals surface area contributed by atoms with Crippen molar-refractivity contribution < 1.29 is 5.11 Å². The van der Waals surface area contributed by atoms with Crippen molar-refractivity contribution >= 4 is 0 Å². The van der Waals surface area contributed by atoms with Crippen LogP contribution in [0.15, 0.2) is 54.7 Å². The summed E-state index contributed by atoms with van der Waals surface area (Å²) in [6.45, 7) is 2.60. The van der Waals surface area contributed by atoms with Crippen LogP contribution in [0.25, 0.3) is 11.3 Å². The summed E-state index contributed by atoms with van der Waals surface area (Å²) in [7, 11) is 0. The summed E-state index contributed by atoms with van der Waals surface area (Å²) in [4.78, 5) is 1.63. The minimum Gasteiger partial charge on any atom is -0.507 e. The van der Waals surface area contributed by atoms with Gasteiger partial charge in [0.05, 0.1) is 12.7 Å². The van der Waals surface area contributed by atoms with Crippen molar-refractivity contribution in [2.45, 2.75) is 13.5 Å². The maximum Gasteiger partial charge on any atom is 0.125 e. The lowest BCUT2D eigenvalue weighted by atomic mass is 10.1. The summed E-state index contributed by atoms with van der Waals surface area (Å²) in [5, 5.41) is 18.6. The number of phenolic OH excluding ortho intramolecular Hbond substituents is 1. The van der Waals surface area contributed by atoms with E-state index in [1.165, 1.54) is 0 Å². The fourth-order valence-electron chi connectivity index (χ4n) is 2.10. The van der Waals surface area contributed by atoms with Gasteiger partial charge in [0.2, 0.25) is 0 Å². The molecule has 0 atom stereocenters. The maximum absolute atomic E-state index is 9.91. The van der Waals surface area contributed by atoms with Gasteiger partial charge >= 0.3 is 0 Å². The molecule has 3 rings (SSSR count). The first kappa shape index (κ1) is 12.4. The largest absolute Gasteiger partial charge is 0.507 e. The van der Waals surface area contributed by atoms with Gasteiger partial charge in [0.15, 0.2) is 0 Å². The molecular weight excluding hydrogens is 250 g/mol. The van der Waals surface area contributed by atoms with Crippen LogP contribution in [0.1, 0.15) is 11.1 Å². The van der Waals surface area contributed by atoms with E-state index in [0.717, 1.165) is 11.1 Å². The van der Waals surface area contributed by atoms with Crippen LogP contribution in [0.3, 0.4) is 0 Å². The van der Waals surface area contributed by atoms with Crippen LogP contribution in [0, 0.1) is 6.92 Å². The number of aromatic hydroxyl groups is 1. The Morgan fingerprint density at radius 1 is 1.10 bits per heavy atom. The zero-order valence-electron chi connectivity index (χ0n) is 11.2. The van der Waals surface area contributed by atoms with Crippen molar-refractivity contribution in [1.29, 1.82) is 0 Å². The van der Waals surface area contributed by atoms with E-state index in [1.807, 2.05) is 49.4 Å². The predicted molar refractivity (Wildman–Crippen MR) is 77.4 cm³/mol. The van der Waals surface area contributed by atoms with E-state index in [2.05, 4.69) is 10.2 Å². The van der Waals surface area contributed by atoms with Crippen LogP contribution >= 0.6 is 0 Å². The third-order valence-electron chi connectivity index (χ3n) is 3.13. The number of rotatable bonds is 3. The Balaban J connectivity index is 1.88. The zero-order valence-corrected chi connectivity index (χ0v) is 11.2. The Labute approximate surface area is 117 Å². The highest BCUT2D eigenvalue weighted by atomic mass is 16.3. The van der Waals surface area contributed by atoms with Crippen molar-refractivity contribution in [2.75, 3.05) is 0 Å². The van der Waals surface area contributed by atoms with Gasteiger partial charge in [0, 0.05) is 5.56 Å². The Morgan fingerprint density at radius 2 is 1.90 bits per heavy atom. The molecule has 1 heterocycles. The monoisotopic (exact) mass is 265 g/mol. The van der Waals surface area contributed by atoms with E-state index in [0.29, 0.717) is 17.8 Å². The lowest BCUT2D eigenvalue weighted by molar-refractivity contribution is 0.477. The summed E-state index contributed by atoms with van der Waals surface area (Å²) >= 11 is 0. The molecule has 1 N–H and O–H groups in total. The number of phenols is 1. The van der Waals surface area contributed by atoms with E-state index in [-0.39, 0.29) is 5.75 Å². The van der Waals surface area contributed by atoms with Crippen LogP contribution in [0.5, 0.6) is 5.75 Å². The van der Waals surface area contributed by atoms with E-state index >= 15 is 0 Å². The minimum absolute atomic E-state index is 0.224. The van der Waals surface area contributed by atoms with E-state index in [9.17, 15) is 5.11 Å². The molecule has 0 unspecified atom stereocenters. The first-order valence-corrected chi connectivity index (χ1v) is 6.46. The molecule has 0 aliphatic rings. The zero-order chi connectivity index (χ0) is 13.9. The van der Waals surface area contributed by atoms with Gasteiger partial charge < -0.3 is 5.11 Å². The molecule has 0 aliphatic heterocycles. The van der Waals surface area contributed by atoms with E-state index in [1.54, 1.807) is 17.1 Å². The summed E-state index contributed by atoms with van der Waals surface area (Å²) < 4.78 is 0. The van der Waals surface area contributed by atoms with E-state index in [4.69, 9.17) is 0 Å². The molecule has 0 amide bonds. The van der Waals surface area contributed by atoms with Crippen LogP contribution in [-0.4, -0.2) is 20.1 Å². The van der Waals surface area contributed by atoms with Gasteiger partial charge in [-0.05, 0) is 24.6 Å². The molecule has 0 saturated carbocycles. The molecule has 0 fully saturated rings. The van der Waals surface area contributed by atoms with Crippen molar-refractivity contribution in [2.24, 2.45) is 0 Å². The van der Waals surface area contributed by atoms with E-state index < -0.39 is 0 Å². The lowest BCUT2D eigenvalue weighted by Crippen LogP contribution is -2.03. The standard InChI is InChI=1S/C16H15N3O/c1-12-7-8-16(20)14(9-12)15-10-17-19(18-15)11-13-5-3-2-4-6-13/h2-10,20H,11H2,1H3. The van der Waals surface area contributed by atoms with Gasteiger partial charge in [-0.25, -0.2) is 0 Å². The molecule has 1 aromatic heterocycles. The number of aryl methyl sites for hydroxylation is 1. The number of nitrogens with zero attached hydrogens (tertiary/aromatic N) is 3. The summed E-state index contributed by atoms with van der Waals surface area (Å²) in [6, 6.07) is 15.5. The second-order valence-corrected chi connectivity index (χ2v) is 4.77. The minimum atomic E-state index is 0.224. The highest BCUT2D eigenvalue weighted by Gasteiger charge is 2.09. The number of benzene rings is 2. The highest BCUT2D eigenvalue weighted by Crippen LogP contribution is 2.27. The van der Waals surface area contributed by atoms with Gasteiger partial charge in [-0.1, -0.05) is 42.0 Å². The van der Waals surface area contributed by atoms with Gasteiger partial charge in [0.1, 0.15) is 11.4 Å². The first-order valence-electron chi connectivity index (χ1n) is 6.46. The average Bonchev–Trinajstić information content (AvgIpc) is 2.91. The molecule has 0 aliphatic carbocycles. The quantitative estimate of drug-likeness (QED) is 0.792. The Hall–Kier alpha value is -2.62. The molecule has 4 nitrogen and oxygen atoms in total. The normalized spacial score (nSPS) is 10.7. The molecule has 100 valence electrons.